The van der Waals surface area contributed by atoms with Gasteiger partial charge < -0.3 is 5.32 Å². The molecule has 0 spiro atoms. The minimum atomic E-state index is -3.48. The van der Waals surface area contributed by atoms with Gasteiger partial charge in [0.1, 0.15) is 0 Å². The molecule has 1 aromatic carbocycles. The van der Waals surface area contributed by atoms with Crippen molar-refractivity contribution in [3.8, 4) is 0 Å². The van der Waals surface area contributed by atoms with E-state index >= 15 is 0 Å². The normalized spacial score (nSPS) is 23.7. The van der Waals surface area contributed by atoms with E-state index in [4.69, 9.17) is 0 Å². The van der Waals surface area contributed by atoms with Crippen LogP contribution in [0.4, 0.5) is 5.69 Å². The maximum absolute atomic E-state index is 12.6. The van der Waals surface area contributed by atoms with E-state index in [0.717, 1.165) is 63.6 Å². The molecule has 0 saturated heterocycles. The summed E-state index contributed by atoms with van der Waals surface area (Å²) >= 11 is 0. The summed E-state index contributed by atoms with van der Waals surface area (Å²) in [5.74, 6) is 0.474. The minimum absolute atomic E-state index is 0.0108. The van der Waals surface area contributed by atoms with Crippen molar-refractivity contribution in [2.75, 3.05) is 11.9 Å². The Balaban J connectivity index is 1.45. The van der Waals surface area contributed by atoms with Crippen LogP contribution in [0.15, 0.2) is 29.2 Å². The van der Waals surface area contributed by atoms with Gasteiger partial charge in [-0.15, -0.1) is 0 Å². The quantitative estimate of drug-likeness (QED) is 0.516. The Kier molecular flexibility index (Phi) is 8.28. The second-order valence-corrected chi connectivity index (χ2v) is 14.5. The Bertz CT molecular complexity index is 940. The lowest BCUT2D eigenvalue weighted by atomic mass is 9.86. The molecular formula is C23H39N3O4S2. The molecule has 0 atom stereocenters. The van der Waals surface area contributed by atoms with Gasteiger partial charge in [-0.25, -0.2) is 26.3 Å². The molecule has 2 aliphatic carbocycles. The highest BCUT2D eigenvalue weighted by Crippen LogP contribution is 2.27. The maximum Gasteiger partial charge on any atom is 0.240 e. The molecule has 3 N–H and O–H groups in total. The van der Waals surface area contributed by atoms with Gasteiger partial charge in [0.25, 0.3) is 0 Å². The Hall–Kier alpha value is -1.16. The van der Waals surface area contributed by atoms with Crippen LogP contribution in [0.25, 0.3) is 0 Å². The zero-order valence-corrected chi connectivity index (χ0v) is 21.2. The number of anilines is 1. The summed E-state index contributed by atoms with van der Waals surface area (Å²) < 4.78 is 54.9. The van der Waals surface area contributed by atoms with Gasteiger partial charge in [-0.3, -0.25) is 0 Å². The topological polar surface area (TPSA) is 104 Å². The van der Waals surface area contributed by atoms with Crippen LogP contribution < -0.4 is 14.8 Å². The molecule has 182 valence electrons. The molecule has 0 radical (unpaired) electrons. The summed E-state index contributed by atoms with van der Waals surface area (Å²) in [6.07, 6.45) is 8.78. The average molecular weight is 486 g/mol. The van der Waals surface area contributed by atoms with Gasteiger partial charge in [0.2, 0.25) is 20.0 Å². The van der Waals surface area contributed by atoms with Crippen LogP contribution in [-0.4, -0.2) is 40.2 Å². The van der Waals surface area contributed by atoms with E-state index in [1.54, 1.807) is 32.9 Å². The third-order valence-electron chi connectivity index (χ3n) is 6.66. The van der Waals surface area contributed by atoms with E-state index in [0.29, 0.717) is 10.8 Å². The van der Waals surface area contributed by atoms with Gasteiger partial charge in [-0.2, -0.15) is 0 Å². The maximum atomic E-state index is 12.6. The average Bonchev–Trinajstić information content (AvgIpc) is 2.73. The van der Waals surface area contributed by atoms with Crippen LogP contribution in [-0.2, 0) is 20.0 Å². The van der Waals surface area contributed by atoms with E-state index < -0.39 is 24.8 Å². The van der Waals surface area contributed by atoms with Crippen LogP contribution in [0.1, 0.15) is 78.6 Å². The van der Waals surface area contributed by atoms with Crippen molar-refractivity contribution in [2.24, 2.45) is 5.92 Å². The molecule has 0 aromatic heterocycles. The number of rotatable bonds is 8. The summed E-state index contributed by atoms with van der Waals surface area (Å²) in [6.45, 7) is 5.94. The number of nitrogens with one attached hydrogen (secondary N) is 3. The van der Waals surface area contributed by atoms with Crippen LogP contribution in [0.3, 0.4) is 0 Å². The van der Waals surface area contributed by atoms with Crippen LogP contribution in [0.2, 0.25) is 0 Å². The third-order valence-corrected chi connectivity index (χ3v) is 10.5. The molecule has 3 rings (SSSR count). The van der Waals surface area contributed by atoms with Crippen molar-refractivity contribution in [2.45, 2.75) is 100 Å². The summed E-state index contributed by atoms with van der Waals surface area (Å²) in [4.78, 5) is 0.306. The van der Waals surface area contributed by atoms with Gasteiger partial charge in [0.05, 0.1) is 9.64 Å². The zero-order chi connectivity index (χ0) is 23.4. The van der Waals surface area contributed by atoms with Crippen LogP contribution in [0.5, 0.6) is 0 Å². The smallest absolute Gasteiger partial charge is 0.240 e. The second kappa shape index (κ2) is 10.4. The summed E-state index contributed by atoms with van der Waals surface area (Å²) in [5.41, 5.74) is 0.900. The van der Waals surface area contributed by atoms with Crippen molar-refractivity contribution in [3.63, 3.8) is 0 Å². The molecule has 9 heteroatoms. The SMILES string of the molecule is CC(C)(C)S(=O)(=O)NC1CCC(CNc2ccc(S(=O)(=O)NC3CCCCC3)cc2)CC1. The Morgan fingerprint density at radius 3 is 1.91 bits per heavy atom. The predicted molar refractivity (Wildman–Crippen MR) is 130 cm³/mol. The van der Waals surface area contributed by atoms with Gasteiger partial charge in [-0.1, -0.05) is 19.3 Å². The van der Waals surface area contributed by atoms with Crippen molar-refractivity contribution < 1.29 is 16.8 Å². The fourth-order valence-electron chi connectivity index (χ4n) is 4.40. The Labute approximate surface area is 194 Å². The van der Waals surface area contributed by atoms with E-state index in [1.807, 2.05) is 12.1 Å². The first-order valence-electron chi connectivity index (χ1n) is 11.8. The molecule has 0 unspecified atom stereocenters. The molecule has 0 amide bonds. The van der Waals surface area contributed by atoms with Crippen molar-refractivity contribution >= 4 is 25.7 Å². The van der Waals surface area contributed by atoms with Crippen LogP contribution >= 0.6 is 0 Å². The van der Waals surface area contributed by atoms with Crippen molar-refractivity contribution in [1.82, 2.24) is 9.44 Å². The highest BCUT2D eigenvalue weighted by molar-refractivity contribution is 7.90. The van der Waals surface area contributed by atoms with E-state index in [2.05, 4.69) is 14.8 Å². The van der Waals surface area contributed by atoms with Crippen LogP contribution in [0, 0.1) is 5.92 Å². The largest absolute Gasteiger partial charge is 0.385 e. The number of hydrogen-bond acceptors (Lipinski definition) is 5. The molecule has 2 saturated carbocycles. The van der Waals surface area contributed by atoms with Crippen molar-refractivity contribution in [1.29, 1.82) is 0 Å². The monoisotopic (exact) mass is 485 g/mol. The first kappa shape index (κ1) is 25.5. The fraction of sp³-hybridized carbons (Fsp3) is 0.739. The molecule has 32 heavy (non-hydrogen) atoms. The summed E-state index contributed by atoms with van der Waals surface area (Å²) in [5, 5.41) is 3.41. The Morgan fingerprint density at radius 1 is 0.781 bits per heavy atom. The first-order chi connectivity index (χ1) is 15.0. The molecule has 1 aromatic rings. The highest BCUT2D eigenvalue weighted by Gasteiger charge is 2.32. The summed E-state index contributed by atoms with van der Waals surface area (Å²) in [6, 6.07) is 7.01. The molecular weight excluding hydrogens is 446 g/mol. The van der Waals surface area contributed by atoms with Gasteiger partial charge in [0.15, 0.2) is 0 Å². The standard InChI is InChI=1S/C23H39N3O4S2/c1-23(2,3)32(29,30)26-21-11-9-18(10-12-21)17-24-19-13-15-22(16-14-19)31(27,28)25-20-7-5-4-6-8-20/h13-16,18,20-21,24-26H,4-12,17H2,1-3H3. The number of sulfonamides is 2. The third kappa shape index (κ3) is 6.92. The van der Waals surface area contributed by atoms with E-state index in [1.165, 1.54) is 6.42 Å². The number of benzene rings is 1. The molecule has 0 bridgehead atoms. The van der Waals surface area contributed by atoms with Gasteiger partial charge in [-0.05, 0) is 89.5 Å². The fourth-order valence-corrected chi connectivity index (χ4v) is 6.74. The predicted octanol–water partition coefficient (Wildman–Crippen LogP) is 3.99. The highest BCUT2D eigenvalue weighted by atomic mass is 32.2. The lowest BCUT2D eigenvalue weighted by Crippen LogP contribution is -2.46. The zero-order valence-electron chi connectivity index (χ0n) is 19.6. The van der Waals surface area contributed by atoms with E-state index in [-0.39, 0.29) is 12.1 Å². The molecule has 0 heterocycles. The molecule has 0 aliphatic heterocycles. The van der Waals surface area contributed by atoms with Crippen molar-refractivity contribution in [3.05, 3.63) is 24.3 Å². The lowest BCUT2D eigenvalue weighted by Gasteiger charge is -2.31. The first-order valence-corrected chi connectivity index (χ1v) is 14.8. The van der Waals surface area contributed by atoms with E-state index in [9.17, 15) is 16.8 Å². The molecule has 2 fully saturated rings. The van der Waals surface area contributed by atoms with Gasteiger partial charge >= 0.3 is 0 Å². The lowest BCUT2D eigenvalue weighted by molar-refractivity contribution is 0.322. The second-order valence-electron chi connectivity index (χ2n) is 10.3. The summed E-state index contributed by atoms with van der Waals surface area (Å²) in [7, 11) is -6.79. The minimum Gasteiger partial charge on any atom is -0.385 e. The Morgan fingerprint density at radius 2 is 1.34 bits per heavy atom. The molecule has 7 nitrogen and oxygen atoms in total. The number of hydrogen-bond donors (Lipinski definition) is 3. The molecule has 2 aliphatic rings. The van der Waals surface area contributed by atoms with Gasteiger partial charge in [0, 0.05) is 24.3 Å².